The van der Waals surface area contributed by atoms with E-state index in [1.165, 1.54) is 30.1 Å². The molecule has 7 nitrogen and oxygen atoms in total. The summed E-state index contributed by atoms with van der Waals surface area (Å²) in [5.41, 5.74) is 0.749. The van der Waals surface area contributed by atoms with Crippen molar-refractivity contribution >= 4 is 55.1 Å². The molecule has 3 rings (SSSR count). The maximum absolute atomic E-state index is 13.9. The molecule has 0 aliphatic heterocycles. The molecule has 0 fully saturated rings. The van der Waals surface area contributed by atoms with Crippen molar-refractivity contribution in [3.8, 4) is 0 Å². The van der Waals surface area contributed by atoms with Gasteiger partial charge in [-0.1, -0.05) is 57.9 Å². The van der Waals surface area contributed by atoms with Crippen molar-refractivity contribution in [2.75, 3.05) is 17.9 Å². The highest BCUT2D eigenvalue weighted by Gasteiger charge is 2.32. The number of halogens is 3. The van der Waals surface area contributed by atoms with Crippen molar-refractivity contribution in [1.29, 1.82) is 0 Å². The highest BCUT2D eigenvalue weighted by Crippen LogP contribution is 2.28. The molecule has 0 unspecified atom stereocenters. The van der Waals surface area contributed by atoms with Crippen LogP contribution in [0.25, 0.3) is 0 Å². The third-order valence-electron chi connectivity index (χ3n) is 5.48. The van der Waals surface area contributed by atoms with Crippen molar-refractivity contribution in [3.05, 3.63) is 93.7 Å². The van der Waals surface area contributed by atoms with Crippen molar-refractivity contribution in [1.82, 2.24) is 10.2 Å². The second-order valence-electron chi connectivity index (χ2n) is 7.86. The minimum atomic E-state index is -4.24. The van der Waals surface area contributed by atoms with E-state index in [-0.39, 0.29) is 22.2 Å². The first-order chi connectivity index (χ1) is 17.0. The SMILES string of the molecule is CNC(=O)[C@H](C)N(Cc1ccc(Br)cc1)C(=O)CN(c1ccc(F)c(Cl)c1)S(=O)(=O)c1ccccc1. The first-order valence-electron chi connectivity index (χ1n) is 10.8. The van der Waals surface area contributed by atoms with Gasteiger partial charge in [0.05, 0.1) is 15.6 Å². The minimum absolute atomic E-state index is 0.00907. The highest BCUT2D eigenvalue weighted by molar-refractivity contribution is 9.10. The van der Waals surface area contributed by atoms with E-state index in [0.29, 0.717) is 0 Å². The largest absolute Gasteiger partial charge is 0.357 e. The zero-order chi connectivity index (χ0) is 26.5. The summed E-state index contributed by atoms with van der Waals surface area (Å²) in [6.45, 7) is 0.974. The van der Waals surface area contributed by atoms with Gasteiger partial charge in [-0.15, -0.1) is 0 Å². The number of hydrogen-bond acceptors (Lipinski definition) is 4. The van der Waals surface area contributed by atoms with Crippen molar-refractivity contribution in [2.45, 2.75) is 24.4 Å². The standard InChI is InChI=1S/C25H24BrClFN3O4S/c1-17(25(33)29-2)30(15-18-8-10-19(26)11-9-18)24(32)16-31(20-12-13-23(28)22(27)14-20)36(34,35)21-6-4-3-5-7-21/h3-14,17H,15-16H2,1-2H3,(H,29,33)/t17-/m0/s1. The molecule has 0 radical (unpaired) electrons. The molecular formula is C25H24BrClFN3O4S. The fraction of sp³-hybridized carbons (Fsp3) is 0.200. The molecule has 0 saturated carbocycles. The molecule has 0 aliphatic carbocycles. The van der Waals surface area contributed by atoms with E-state index < -0.39 is 40.2 Å². The van der Waals surface area contributed by atoms with Crippen LogP contribution in [0.5, 0.6) is 0 Å². The van der Waals surface area contributed by atoms with Gasteiger partial charge in [-0.2, -0.15) is 0 Å². The van der Waals surface area contributed by atoms with Gasteiger partial charge in [0.2, 0.25) is 11.8 Å². The van der Waals surface area contributed by atoms with Crippen LogP contribution in [0.4, 0.5) is 10.1 Å². The molecule has 2 amide bonds. The number of rotatable bonds is 9. The van der Waals surface area contributed by atoms with Crippen molar-refractivity contribution in [2.24, 2.45) is 0 Å². The van der Waals surface area contributed by atoms with Crippen LogP contribution in [0.2, 0.25) is 5.02 Å². The maximum atomic E-state index is 13.9. The quantitative estimate of drug-likeness (QED) is 0.391. The summed E-state index contributed by atoms with van der Waals surface area (Å²) < 4.78 is 42.7. The third-order valence-corrected chi connectivity index (χ3v) is 8.09. The summed E-state index contributed by atoms with van der Waals surface area (Å²) in [5, 5.41) is 2.23. The summed E-state index contributed by atoms with van der Waals surface area (Å²) in [5.74, 6) is -1.77. The molecule has 0 spiro atoms. The molecule has 0 bridgehead atoms. The smallest absolute Gasteiger partial charge is 0.264 e. The number of nitrogens with zero attached hydrogens (tertiary/aromatic N) is 2. The van der Waals surface area contributed by atoms with E-state index in [1.54, 1.807) is 49.4 Å². The Bertz CT molecular complexity index is 1340. The first-order valence-corrected chi connectivity index (χ1v) is 13.4. The lowest BCUT2D eigenvalue weighted by Crippen LogP contribution is -2.50. The van der Waals surface area contributed by atoms with E-state index in [4.69, 9.17) is 11.6 Å². The first kappa shape index (κ1) is 27.6. The molecular weight excluding hydrogens is 573 g/mol. The number of carbonyl (C=O) groups excluding carboxylic acids is 2. The lowest BCUT2D eigenvalue weighted by molar-refractivity contribution is -0.139. The average Bonchev–Trinajstić information content (AvgIpc) is 2.88. The molecule has 3 aromatic carbocycles. The Labute approximate surface area is 223 Å². The number of nitrogens with one attached hydrogen (secondary N) is 1. The number of hydrogen-bond donors (Lipinski definition) is 1. The molecule has 1 N–H and O–H groups in total. The Hall–Kier alpha value is -2.95. The molecule has 1 atom stereocenters. The van der Waals surface area contributed by atoms with Crippen LogP contribution in [0.3, 0.4) is 0 Å². The minimum Gasteiger partial charge on any atom is -0.357 e. The number of benzene rings is 3. The summed E-state index contributed by atoms with van der Waals surface area (Å²) >= 11 is 9.30. The van der Waals surface area contributed by atoms with E-state index >= 15 is 0 Å². The average molecular weight is 597 g/mol. The fourth-order valence-electron chi connectivity index (χ4n) is 3.47. The van der Waals surface area contributed by atoms with Crippen LogP contribution >= 0.6 is 27.5 Å². The second kappa shape index (κ2) is 11.9. The Morgan fingerprint density at radius 2 is 1.69 bits per heavy atom. The normalized spacial score (nSPS) is 12.0. The van der Waals surface area contributed by atoms with E-state index in [1.807, 2.05) is 0 Å². The van der Waals surface area contributed by atoms with Gasteiger partial charge < -0.3 is 10.2 Å². The summed E-state index contributed by atoms with van der Waals surface area (Å²) in [7, 11) is -2.79. The number of likely N-dealkylation sites (N-methyl/N-ethyl adjacent to an activating group) is 1. The van der Waals surface area contributed by atoms with E-state index in [0.717, 1.165) is 26.5 Å². The van der Waals surface area contributed by atoms with Crippen LogP contribution in [0.1, 0.15) is 12.5 Å². The zero-order valence-corrected chi connectivity index (χ0v) is 22.6. The van der Waals surface area contributed by atoms with Gasteiger partial charge in [-0.05, 0) is 55.0 Å². The second-order valence-corrected chi connectivity index (χ2v) is 11.0. The van der Waals surface area contributed by atoms with Crippen LogP contribution in [0, 0.1) is 5.82 Å². The van der Waals surface area contributed by atoms with E-state index in [9.17, 15) is 22.4 Å². The Morgan fingerprint density at radius 1 is 1.06 bits per heavy atom. The van der Waals surface area contributed by atoms with Crippen LogP contribution < -0.4 is 9.62 Å². The number of anilines is 1. The third kappa shape index (κ3) is 6.43. The lowest BCUT2D eigenvalue weighted by Gasteiger charge is -2.31. The summed E-state index contributed by atoms with van der Waals surface area (Å²) in [4.78, 5) is 27.3. The molecule has 190 valence electrons. The van der Waals surface area contributed by atoms with Gasteiger partial charge in [0.1, 0.15) is 18.4 Å². The number of carbonyl (C=O) groups is 2. The van der Waals surface area contributed by atoms with Gasteiger partial charge in [-0.25, -0.2) is 12.8 Å². The summed E-state index contributed by atoms with van der Waals surface area (Å²) in [6.07, 6.45) is 0. The molecule has 0 heterocycles. The Morgan fingerprint density at radius 3 is 2.28 bits per heavy atom. The van der Waals surface area contributed by atoms with Crippen LogP contribution in [0.15, 0.2) is 82.2 Å². The number of amides is 2. The van der Waals surface area contributed by atoms with Gasteiger partial charge in [-0.3, -0.25) is 13.9 Å². The molecule has 0 aliphatic rings. The highest BCUT2D eigenvalue weighted by atomic mass is 79.9. The van der Waals surface area contributed by atoms with Gasteiger partial charge in [0.25, 0.3) is 10.0 Å². The molecule has 0 aromatic heterocycles. The molecule has 0 saturated heterocycles. The molecule has 36 heavy (non-hydrogen) atoms. The monoisotopic (exact) mass is 595 g/mol. The Kier molecular flexibility index (Phi) is 9.10. The van der Waals surface area contributed by atoms with Crippen LogP contribution in [-0.2, 0) is 26.2 Å². The lowest BCUT2D eigenvalue weighted by atomic mass is 10.1. The fourth-order valence-corrected chi connectivity index (χ4v) is 5.33. The Balaban J connectivity index is 2.04. The van der Waals surface area contributed by atoms with Gasteiger partial charge in [0, 0.05) is 18.1 Å². The van der Waals surface area contributed by atoms with Gasteiger partial charge in [0.15, 0.2) is 0 Å². The van der Waals surface area contributed by atoms with Crippen molar-refractivity contribution < 1.29 is 22.4 Å². The van der Waals surface area contributed by atoms with Crippen molar-refractivity contribution in [3.63, 3.8) is 0 Å². The predicted octanol–water partition coefficient (Wildman–Crippen LogP) is 4.60. The van der Waals surface area contributed by atoms with Crippen LogP contribution in [-0.4, -0.2) is 44.8 Å². The number of sulfonamides is 1. The van der Waals surface area contributed by atoms with E-state index in [2.05, 4.69) is 21.2 Å². The molecule has 11 heteroatoms. The topological polar surface area (TPSA) is 86.8 Å². The predicted molar refractivity (Wildman–Crippen MR) is 141 cm³/mol. The zero-order valence-electron chi connectivity index (χ0n) is 19.5. The summed E-state index contributed by atoms with van der Waals surface area (Å²) in [6, 6.07) is 17.2. The van der Waals surface area contributed by atoms with Gasteiger partial charge >= 0.3 is 0 Å². The molecule has 3 aromatic rings. The maximum Gasteiger partial charge on any atom is 0.264 e.